The smallest absolute Gasteiger partial charge is 0.248 e. The van der Waals surface area contributed by atoms with Crippen molar-refractivity contribution in [2.45, 2.75) is 6.61 Å². The molecule has 0 saturated carbocycles. The van der Waals surface area contributed by atoms with E-state index in [1.54, 1.807) is 31.4 Å². The van der Waals surface area contributed by atoms with Crippen molar-refractivity contribution < 1.29 is 14.3 Å². The van der Waals surface area contributed by atoms with Gasteiger partial charge in [-0.1, -0.05) is 15.9 Å². The molecule has 0 aliphatic heterocycles. The normalized spacial score (nSPS) is 10.1. The van der Waals surface area contributed by atoms with Gasteiger partial charge in [-0.3, -0.25) is 4.79 Å². The Morgan fingerprint density at radius 1 is 1.15 bits per heavy atom. The molecule has 2 aromatic rings. The Bertz CT molecular complexity index is 611. The zero-order valence-electron chi connectivity index (χ0n) is 10.9. The second-order valence-electron chi connectivity index (χ2n) is 4.13. The first-order valence-corrected chi connectivity index (χ1v) is 6.74. The molecule has 0 saturated heterocycles. The van der Waals surface area contributed by atoms with E-state index in [1.807, 2.05) is 18.2 Å². The van der Waals surface area contributed by atoms with Crippen molar-refractivity contribution in [3.05, 3.63) is 58.1 Å². The van der Waals surface area contributed by atoms with Crippen LogP contribution < -0.4 is 15.2 Å². The van der Waals surface area contributed by atoms with Gasteiger partial charge in [-0.25, -0.2) is 0 Å². The van der Waals surface area contributed by atoms with Crippen LogP contribution in [0.3, 0.4) is 0 Å². The highest BCUT2D eigenvalue weighted by atomic mass is 79.9. The number of amides is 1. The number of nitrogens with two attached hydrogens (primary N) is 1. The summed E-state index contributed by atoms with van der Waals surface area (Å²) in [6, 6.07) is 12.4. The van der Waals surface area contributed by atoms with Crippen LogP contribution in [0.4, 0.5) is 0 Å². The van der Waals surface area contributed by atoms with Crippen molar-refractivity contribution in [3.8, 4) is 11.5 Å². The molecule has 104 valence electrons. The second kappa shape index (κ2) is 6.43. The summed E-state index contributed by atoms with van der Waals surface area (Å²) in [6.45, 7) is 0.397. The molecule has 2 N–H and O–H groups in total. The summed E-state index contributed by atoms with van der Waals surface area (Å²) in [7, 11) is 1.62. The van der Waals surface area contributed by atoms with Crippen LogP contribution in [0, 0.1) is 0 Å². The van der Waals surface area contributed by atoms with E-state index in [0.717, 1.165) is 15.8 Å². The molecule has 0 heterocycles. The van der Waals surface area contributed by atoms with Crippen LogP contribution in [0.1, 0.15) is 15.9 Å². The van der Waals surface area contributed by atoms with Gasteiger partial charge in [-0.2, -0.15) is 0 Å². The van der Waals surface area contributed by atoms with E-state index < -0.39 is 5.91 Å². The Morgan fingerprint density at radius 2 is 1.80 bits per heavy atom. The van der Waals surface area contributed by atoms with Crippen LogP contribution in [0.2, 0.25) is 0 Å². The lowest BCUT2D eigenvalue weighted by Crippen LogP contribution is -2.10. The number of halogens is 1. The fourth-order valence-corrected chi connectivity index (χ4v) is 2.03. The number of rotatable bonds is 5. The molecule has 0 spiro atoms. The third kappa shape index (κ3) is 3.51. The van der Waals surface area contributed by atoms with E-state index in [9.17, 15) is 4.79 Å². The number of carbonyl (C=O) groups excluding carboxylic acids is 1. The van der Waals surface area contributed by atoms with Crippen LogP contribution >= 0.6 is 15.9 Å². The molecule has 20 heavy (non-hydrogen) atoms. The largest absolute Gasteiger partial charge is 0.497 e. The van der Waals surface area contributed by atoms with Crippen molar-refractivity contribution in [2.24, 2.45) is 5.73 Å². The highest BCUT2D eigenvalue weighted by Crippen LogP contribution is 2.24. The molecule has 0 bridgehead atoms. The fourth-order valence-electron chi connectivity index (χ4n) is 1.67. The molecule has 4 nitrogen and oxygen atoms in total. The minimum atomic E-state index is -0.452. The van der Waals surface area contributed by atoms with Crippen LogP contribution in [0.25, 0.3) is 0 Å². The standard InChI is InChI=1S/C15H14BrNO3/c1-19-13-6-7-14(16)11(8-13)9-20-12-4-2-10(3-5-12)15(17)18/h2-8H,9H2,1H3,(H2,17,18). The van der Waals surface area contributed by atoms with E-state index in [4.69, 9.17) is 15.2 Å². The molecule has 0 atom stereocenters. The summed E-state index contributed by atoms with van der Waals surface area (Å²) in [6.07, 6.45) is 0. The third-order valence-electron chi connectivity index (χ3n) is 2.79. The molecule has 0 unspecified atom stereocenters. The van der Waals surface area contributed by atoms with Gasteiger partial charge in [0.25, 0.3) is 0 Å². The quantitative estimate of drug-likeness (QED) is 0.912. The molecule has 2 aromatic carbocycles. The first kappa shape index (κ1) is 14.4. The molecule has 0 fully saturated rings. The summed E-state index contributed by atoms with van der Waals surface area (Å²) in [4.78, 5) is 11.0. The maximum absolute atomic E-state index is 11.0. The summed E-state index contributed by atoms with van der Waals surface area (Å²) in [5.41, 5.74) is 6.61. The predicted molar refractivity (Wildman–Crippen MR) is 80.0 cm³/mol. The van der Waals surface area contributed by atoms with Gasteiger partial charge in [-0.15, -0.1) is 0 Å². The maximum Gasteiger partial charge on any atom is 0.248 e. The van der Waals surface area contributed by atoms with E-state index >= 15 is 0 Å². The Kier molecular flexibility index (Phi) is 4.63. The zero-order valence-corrected chi connectivity index (χ0v) is 12.5. The van der Waals surface area contributed by atoms with Gasteiger partial charge in [-0.05, 0) is 42.5 Å². The molecule has 0 aromatic heterocycles. The minimum Gasteiger partial charge on any atom is -0.497 e. The monoisotopic (exact) mass is 335 g/mol. The molecular formula is C15H14BrNO3. The molecule has 5 heteroatoms. The number of methoxy groups -OCH3 is 1. The van der Waals surface area contributed by atoms with E-state index in [1.165, 1.54) is 0 Å². The summed E-state index contributed by atoms with van der Waals surface area (Å²) < 4.78 is 11.8. The number of carbonyl (C=O) groups is 1. The molecule has 0 aliphatic carbocycles. The van der Waals surface area contributed by atoms with Crippen molar-refractivity contribution in [3.63, 3.8) is 0 Å². The fraction of sp³-hybridized carbons (Fsp3) is 0.133. The van der Waals surface area contributed by atoms with Crippen molar-refractivity contribution >= 4 is 21.8 Å². The van der Waals surface area contributed by atoms with Gasteiger partial charge in [0.2, 0.25) is 5.91 Å². The maximum atomic E-state index is 11.0. The van der Waals surface area contributed by atoms with E-state index in [-0.39, 0.29) is 0 Å². The van der Waals surface area contributed by atoms with Gasteiger partial charge in [0.1, 0.15) is 18.1 Å². The van der Waals surface area contributed by atoms with E-state index in [2.05, 4.69) is 15.9 Å². The van der Waals surface area contributed by atoms with Crippen molar-refractivity contribution in [2.75, 3.05) is 7.11 Å². The van der Waals surface area contributed by atoms with Crippen LogP contribution in [-0.4, -0.2) is 13.0 Å². The molecule has 1 amide bonds. The van der Waals surface area contributed by atoms with Gasteiger partial charge < -0.3 is 15.2 Å². The van der Waals surface area contributed by atoms with Crippen molar-refractivity contribution in [1.29, 1.82) is 0 Å². The van der Waals surface area contributed by atoms with Gasteiger partial charge in [0.05, 0.1) is 7.11 Å². The highest BCUT2D eigenvalue weighted by molar-refractivity contribution is 9.10. The number of primary amides is 1. The summed E-state index contributed by atoms with van der Waals surface area (Å²) in [5, 5.41) is 0. The summed E-state index contributed by atoms with van der Waals surface area (Å²) >= 11 is 3.47. The topological polar surface area (TPSA) is 61.6 Å². The average Bonchev–Trinajstić information content (AvgIpc) is 2.47. The first-order valence-electron chi connectivity index (χ1n) is 5.95. The zero-order chi connectivity index (χ0) is 14.5. The summed E-state index contributed by atoms with van der Waals surface area (Å²) in [5.74, 6) is 0.993. The van der Waals surface area contributed by atoms with Gasteiger partial charge in [0, 0.05) is 15.6 Å². The van der Waals surface area contributed by atoms with Crippen LogP contribution in [-0.2, 0) is 6.61 Å². The predicted octanol–water partition coefficient (Wildman–Crippen LogP) is 3.14. The van der Waals surface area contributed by atoms with Crippen LogP contribution in [0.5, 0.6) is 11.5 Å². The van der Waals surface area contributed by atoms with Gasteiger partial charge >= 0.3 is 0 Å². The molecule has 0 aliphatic rings. The Labute approximate surface area is 125 Å². The number of ether oxygens (including phenoxy) is 2. The average molecular weight is 336 g/mol. The number of hydrogen-bond donors (Lipinski definition) is 1. The lowest BCUT2D eigenvalue weighted by atomic mass is 10.2. The second-order valence-corrected chi connectivity index (χ2v) is 4.99. The Balaban J connectivity index is 2.06. The molecular weight excluding hydrogens is 322 g/mol. The van der Waals surface area contributed by atoms with Crippen LogP contribution in [0.15, 0.2) is 46.9 Å². The number of benzene rings is 2. The van der Waals surface area contributed by atoms with Crippen molar-refractivity contribution in [1.82, 2.24) is 0 Å². The number of hydrogen-bond acceptors (Lipinski definition) is 3. The van der Waals surface area contributed by atoms with Gasteiger partial charge in [0.15, 0.2) is 0 Å². The SMILES string of the molecule is COc1ccc(Br)c(COc2ccc(C(N)=O)cc2)c1. The molecule has 0 radical (unpaired) electrons. The third-order valence-corrected chi connectivity index (χ3v) is 3.56. The Morgan fingerprint density at radius 3 is 2.40 bits per heavy atom. The van der Waals surface area contributed by atoms with E-state index in [0.29, 0.717) is 17.9 Å². The highest BCUT2D eigenvalue weighted by Gasteiger charge is 2.04. The lowest BCUT2D eigenvalue weighted by molar-refractivity contribution is 0.100. The Hall–Kier alpha value is -2.01. The molecule has 2 rings (SSSR count). The first-order chi connectivity index (χ1) is 9.60. The minimum absolute atomic E-state index is 0.397. The lowest BCUT2D eigenvalue weighted by Gasteiger charge is -2.10.